The Kier molecular flexibility index (Phi) is 12.3. The summed E-state index contributed by atoms with van der Waals surface area (Å²) in [5.74, 6) is 0.954. The molecule has 38 heavy (non-hydrogen) atoms. The highest BCUT2D eigenvalue weighted by Crippen LogP contribution is 2.23. The van der Waals surface area contributed by atoms with E-state index in [1.807, 2.05) is 25.2 Å². The molecule has 4 amide bonds. The predicted octanol–water partition coefficient (Wildman–Crippen LogP) is 3.80. The number of hydrogen-bond acceptors (Lipinski definition) is 8. The lowest BCUT2D eigenvalue weighted by Gasteiger charge is -2.23. The number of halogens is 1. The van der Waals surface area contributed by atoms with Gasteiger partial charge in [-0.15, -0.1) is 0 Å². The van der Waals surface area contributed by atoms with Crippen LogP contribution in [0.2, 0.25) is 0 Å². The smallest absolute Gasteiger partial charge is 0.323 e. The zero-order valence-electron chi connectivity index (χ0n) is 20.7. The van der Waals surface area contributed by atoms with Crippen LogP contribution in [0.3, 0.4) is 0 Å². The second-order valence-electron chi connectivity index (χ2n) is 7.36. The number of hydrogen-bond donors (Lipinski definition) is 2. The molecule has 1 heterocycles. The fourth-order valence-corrected chi connectivity index (χ4v) is 2.88. The molecule has 2 N–H and O–H groups in total. The van der Waals surface area contributed by atoms with Gasteiger partial charge < -0.3 is 14.2 Å². The number of urea groups is 1. The molecule has 0 spiro atoms. The second kappa shape index (κ2) is 16.0. The zero-order chi connectivity index (χ0) is 27.8. The van der Waals surface area contributed by atoms with Gasteiger partial charge in [-0.1, -0.05) is 29.8 Å². The molecule has 0 radical (unpaired) electrons. The van der Waals surface area contributed by atoms with Crippen LogP contribution in [0.25, 0.3) is 0 Å². The molecule has 3 rings (SSSR count). The minimum absolute atomic E-state index is 0.0954. The van der Waals surface area contributed by atoms with Gasteiger partial charge in [0, 0.05) is 24.7 Å². The number of carbonyl (C=O) groups excluding carboxylic acids is 3. The summed E-state index contributed by atoms with van der Waals surface area (Å²) in [6.07, 6.45) is 11.8. The molecule has 2 aromatic rings. The van der Waals surface area contributed by atoms with Gasteiger partial charge in [-0.3, -0.25) is 25.1 Å². The third-order valence-corrected chi connectivity index (χ3v) is 5.05. The van der Waals surface area contributed by atoms with Gasteiger partial charge in [0.2, 0.25) is 18.8 Å². The molecule has 12 nitrogen and oxygen atoms in total. The molecular weight excluding hydrogens is 514 g/mol. The first-order valence-corrected chi connectivity index (χ1v) is 11.6. The average Bonchev–Trinajstić information content (AvgIpc) is 3.35. The number of nitrogens with zero attached hydrogens (tertiary/aromatic N) is 5. The largest absolute Gasteiger partial charge is 0.436 e. The number of nitriles is 1. The van der Waals surface area contributed by atoms with E-state index in [1.54, 1.807) is 48.8 Å². The Bertz CT molecular complexity index is 1230. The first kappa shape index (κ1) is 29.3. The predicted molar refractivity (Wildman–Crippen MR) is 140 cm³/mol. The summed E-state index contributed by atoms with van der Waals surface area (Å²) in [5, 5.41) is 16.2. The maximum absolute atomic E-state index is 12.5. The molecule has 1 aliphatic carbocycles. The van der Waals surface area contributed by atoms with Gasteiger partial charge in [-0.2, -0.15) is 5.26 Å². The van der Waals surface area contributed by atoms with Crippen LogP contribution in [-0.2, 0) is 9.59 Å². The number of benzene rings is 1. The van der Waals surface area contributed by atoms with Crippen molar-refractivity contribution in [3.8, 4) is 17.8 Å². The maximum atomic E-state index is 12.5. The van der Waals surface area contributed by atoms with Crippen molar-refractivity contribution in [1.29, 1.82) is 5.26 Å². The van der Waals surface area contributed by atoms with Crippen molar-refractivity contribution < 1.29 is 23.6 Å². The Balaban J connectivity index is 0.000000926. The van der Waals surface area contributed by atoms with Crippen LogP contribution >= 0.6 is 11.6 Å². The summed E-state index contributed by atoms with van der Waals surface area (Å²) < 4.78 is 10.3. The van der Waals surface area contributed by atoms with E-state index in [2.05, 4.69) is 15.5 Å². The number of guanidine groups is 1. The number of carbonyl (C=O) groups is 3. The number of rotatable bonds is 8. The Hall–Kier alpha value is -4.89. The Morgan fingerprint density at radius 3 is 2.61 bits per heavy atom. The standard InChI is InChI=1S/C23H24ClN5O4.C2H2N2O/c1-3-28(2)23(31)26-22(29(16-30)15-17-5-4-6-18(24)8-7-17)25-19-9-11-20(12-10-19)33-21-13-14-32-27-21;3-1-4-2-5/h5-14,16H,3-4,15H2,1-2H3,(H,25,26,31);2H,(H,4,5). The van der Waals surface area contributed by atoms with E-state index in [4.69, 9.17) is 30.9 Å². The molecule has 0 saturated heterocycles. The van der Waals surface area contributed by atoms with Gasteiger partial charge >= 0.3 is 6.03 Å². The molecule has 1 aromatic heterocycles. The van der Waals surface area contributed by atoms with Gasteiger partial charge in [-0.05, 0) is 54.4 Å². The fourth-order valence-electron chi connectivity index (χ4n) is 2.73. The first-order chi connectivity index (χ1) is 18.4. The first-order valence-electron chi connectivity index (χ1n) is 11.2. The minimum Gasteiger partial charge on any atom is -0.436 e. The van der Waals surface area contributed by atoms with Crippen LogP contribution in [0.15, 0.2) is 81.0 Å². The van der Waals surface area contributed by atoms with E-state index in [1.165, 1.54) is 22.3 Å². The Morgan fingerprint density at radius 1 is 1.26 bits per heavy atom. The number of nitrogens with one attached hydrogen (secondary N) is 2. The zero-order valence-corrected chi connectivity index (χ0v) is 21.5. The van der Waals surface area contributed by atoms with Crippen LogP contribution < -0.4 is 15.4 Å². The lowest BCUT2D eigenvalue weighted by Crippen LogP contribution is -2.48. The number of aliphatic imine (C=N–C) groups is 1. The molecule has 0 unspecified atom stereocenters. The van der Waals surface area contributed by atoms with Gasteiger partial charge in [0.15, 0.2) is 6.19 Å². The highest BCUT2D eigenvalue weighted by atomic mass is 35.5. The fraction of sp³-hybridized carbons (Fsp3) is 0.200. The summed E-state index contributed by atoms with van der Waals surface area (Å²) in [6, 6.07) is 7.99. The maximum Gasteiger partial charge on any atom is 0.323 e. The van der Waals surface area contributed by atoms with E-state index in [9.17, 15) is 9.59 Å². The molecule has 0 atom stereocenters. The lowest BCUT2D eigenvalue weighted by atomic mass is 10.2. The van der Waals surface area contributed by atoms with E-state index in [-0.39, 0.29) is 18.5 Å². The third kappa shape index (κ3) is 10.00. The SMILES string of the molecule is CCN(C)C(=O)NC(=Nc1ccc(Oc2ccon2)cc1)N(C=O)CC1=CCC=C(Cl)C=C1.N#CNC=O. The molecule has 1 aromatic carbocycles. The third-order valence-electron chi connectivity index (χ3n) is 4.77. The van der Waals surface area contributed by atoms with Crippen molar-refractivity contribution in [3.05, 3.63) is 71.5 Å². The van der Waals surface area contributed by atoms with Gasteiger partial charge in [0.1, 0.15) is 12.0 Å². The number of allylic oxidation sites excluding steroid dienone is 4. The molecule has 0 saturated carbocycles. The van der Waals surface area contributed by atoms with E-state index in [0.29, 0.717) is 48.1 Å². The minimum atomic E-state index is -0.385. The number of amides is 4. The summed E-state index contributed by atoms with van der Waals surface area (Å²) in [7, 11) is 1.65. The monoisotopic (exact) mass is 539 g/mol. The molecule has 0 fully saturated rings. The summed E-state index contributed by atoms with van der Waals surface area (Å²) >= 11 is 6.06. The summed E-state index contributed by atoms with van der Waals surface area (Å²) in [6.45, 7) is 2.55. The second-order valence-corrected chi connectivity index (χ2v) is 7.79. The van der Waals surface area contributed by atoms with Crippen molar-refractivity contribution in [2.75, 3.05) is 20.1 Å². The van der Waals surface area contributed by atoms with E-state index >= 15 is 0 Å². The van der Waals surface area contributed by atoms with Crippen molar-refractivity contribution in [2.24, 2.45) is 4.99 Å². The average molecular weight is 540 g/mol. The van der Waals surface area contributed by atoms with E-state index < -0.39 is 0 Å². The van der Waals surface area contributed by atoms with Gasteiger partial charge in [0.05, 0.1) is 12.2 Å². The van der Waals surface area contributed by atoms with Crippen molar-refractivity contribution in [1.82, 2.24) is 25.6 Å². The normalized spacial score (nSPS) is 12.3. The topological polar surface area (TPSA) is 153 Å². The highest BCUT2D eigenvalue weighted by Gasteiger charge is 2.17. The summed E-state index contributed by atoms with van der Waals surface area (Å²) in [4.78, 5) is 40.9. The number of ether oxygens (including phenoxy) is 1. The highest BCUT2D eigenvalue weighted by molar-refractivity contribution is 6.31. The lowest BCUT2D eigenvalue weighted by molar-refractivity contribution is -0.114. The molecule has 198 valence electrons. The van der Waals surface area contributed by atoms with Crippen LogP contribution in [0.1, 0.15) is 13.3 Å². The van der Waals surface area contributed by atoms with Crippen molar-refractivity contribution >= 4 is 42.1 Å². The number of aromatic nitrogens is 1. The van der Waals surface area contributed by atoms with Crippen molar-refractivity contribution in [2.45, 2.75) is 13.3 Å². The van der Waals surface area contributed by atoms with E-state index in [0.717, 1.165) is 5.57 Å². The molecule has 1 aliphatic rings. The summed E-state index contributed by atoms with van der Waals surface area (Å²) in [5.41, 5.74) is 1.37. The molecule has 0 bridgehead atoms. The quantitative estimate of drug-likeness (QED) is 0.170. The Labute approximate surface area is 224 Å². The van der Waals surface area contributed by atoms with Gasteiger partial charge in [-0.25, -0.2) is 9.79 Å². The molecular formula is C25H26ClN7O5. The Morgan fingerprint density at radius 2 is 2.03 bits per heavy atom. The molecule has 13 heteroatoms. The van der Waals surface area contributed by atoms with Crippen LogP contribution in [0.4, 0.5) is 10.5 Å². The van der Waals surface area contributed by atoms with Crippen LogP contribution in [-0.4, -0.2) is 59.9 Å². The molecule has 0 aliphatic heterocycles. The van der Waals surface area contributed by atoms with Crippen molar-refractivity contribution in [3.63, 3.8) is 0 Å². The van der Waals surface area contributed by atoms with Crippen LogP contribution in [0.5, 0.6) is 11.6 Å². The van der Waals surface area contributed by atoms with Gasteiger partial charge in [0.25, 0.3) is 5.88 Å². The van der Waals surface area contributed by atoms with Crippen LogP contribution in [0, 0.1) is 11.5 Å².